The Morgan fingerprint density at radius 2 is 1.07 bits per heavy atom. The van der Waals surface area contributed by atoms with Crippen molar-refractivity contribution < 1.29 is 52.2 Å². The number of carbonyl (C=O) groups excluding carboxylic acids is 4. The molecule has 2 aromatic carbocycles. The van der Waals surface area contributed by atoms with Crippen LogP contribution in [0.1, 0.15) is 208 Å². The molecular formula is C55H89N4O11P. The first kappa shape index (κ1) is 61.0. The summed E-state index contributed by atoms with van der Waals surface area (Å²) in [6, 6.07) is 13.8. The van der Waals surface area contributed by atoms with Gasteiger partial charge in [0.15, 0.2) is 0 Å². The van der Waals surface area contributed by atoms with Crippen LogP contribution in [0.2, 0.25) is 0 Å². The first-order valence-corrected chi connectivity index (χ1v) is 28.1. The van der Waals surface area contributed by atoms with Crippen LogP contribution in [0.25, 0.3) is 11.1 Å². The van der Waals surface area contributed by atoms with Gasteiger partial charge in [-0.25, -0.2) is 19.8 Å². The van der Waals surface area contributed by atoms with Crippen LogP contribution in [0.4, 0.5) is 4.79 Å². The zero-order valence-electron chi connectivity index (χ0n) is 44.6. The van der Waals surface area contributed by atoms with E-state index >= 15 is 0 Å². The molecule has 71 heavy (non-hydrogen) atoms. The number of alkyl carbamates (subject to hydrolysis) is 1. The van der Waals surface area contributed by atoms with Crippen LogP contribution in [0.5, 0.6) is 0 Å². The summed E-state index contributed by atoms with van der Waals surface area (Å²) in [7, 11) is -3.16. The van der Waals surface area contributed by atoms with Crippen molar-refractivity contribution in [1.29, 1.82) is 0 Å². The Balaban J connectivity index is 1.23. The van der Waals surface area contributed by atoms with Gasteiger partial charge in [-0.3, -0.25) is 19.6 Å². The molecule has 0 saturated carbocycles. The van der Waals surface area contributed by atoms with Gasteiger partial charge in [0.25, 0.3) is 0 Å². The van der Waals surface area contributed by atoms with Gasteiger partial charge in [0.2, 0.25) is 11.8 Å². The van der Waals surface area contributed by atoms with Gasteiger partial charge < -0.3 is 34.3 Å². The molecule has 0 aromatic heterocycles. The quantitative estimate of drug-likeness (QED) is 0.0192. The molecule has 0 unspecified atom stereocenters. The average molecular weight is 1010 g/mol. The normalized spacial score (nSPS) is 13.7. The van der Waals surface area contributed by atoms with Crippen LogP contribution in [0, 0.1) is 0 Å². The third kappa shape index (κ3) is 25.8. The van der Waals surface area contributed by atoms with Crippen molar-refractivity contribution >= 4 is 37.4 Å². The molecule has 1 aliphatic carbocycles. The Morgan fingerprint density at radius 3 is 1.56 bits per heavy atom. The van der Waals surface area contributed by atoms with Crippen molar-refractivity contribution in [3.05, 3.63) is 59.7 Å². The highest BCUT2D eigenvalue weighted by Gasteiger charge is 2.35. The van der Waals surface area contributed by atoms with E-state index < -0.39 is 54.5 Å². The summed E-state index contributed by atoms with van der Waals surface area (Å²) in [5.41, 5.74) is 7.94. The lowest BCUT2D eigenvalue weighted by molar-refractivity contribution is -0.159. The van der Waals surface area contributed by atoms with E-state index in [1.165, 1.54) is 44.9 Å². The number of fused-ring (bicyclic) bond motifs is 3. The molecule has 16 heteroatoms. The van der Waals surface area contributed by atoms with E-state index in [0.717, 1.165) is 60.8 Å². The van der Waals surface area contributed by atoms with Crippen molar-refractivity contribution in [3.63, 3.8) is 0 Å². The van der Waals surface area contributed by atoms with Gasteiger partial charge in [-0.05, 0) is 123 Å². The number of amides is 3. The molecule has 3 rings (SSSR count). The van der Waals surface area contributed by atoms with E-state index in [2.05, 4.69) is 21.5 Å². The highest BCUT2D eigenvalue weighted by Crippen LogP contribution is 2.55. The van der Waals surface area contributed by atoms with Crippen LogP contribution in [0.3, 0.4) is 0 Å². The van der Waals surface area contributed by atoms with Gasteiger partial charge in [-0.15, -0.1) is 0 Å². The number of rotatable bonds is 34. The first-order chi connectivity index (χ1) is 33.5. The fourth-order valence-corrected chi connectivity index (χ4v) is 11.1. The largest absolute Gasteiger partial charge is 0.480 e. The van der Waals surface area contributed by atoms with E-state index in [-0.39, 0.29) is 50.0 Å². The molecule has 2 atom stereocenters. The highest BCUT2D eigenvalue weighted by atomic mass is 31.2. The summed E-state index contributed by atoms with van der Waals surface area (Å²) in [6.07, 6.45) is 16.3. The maximum absolute atomic E-state index is 13.4. The SMILES string of the molecule is CC(C)(C)OC(=O)[C@H](CCC(=O)NNCCCC[C@H](NC(=O)OCC1c2ccccc2-c2ccccc21)C(=O)O)NC(=O)CCCCCCCCCCCCCCCCP(=O)(OC(C)(C)C)OC(C)(C)C. The molecule has 0 fully saturated rings. The molecule has 3 amide bonds. The summed E-state index contributed by atoms with van der Waals surface area (Å²) >= 11 is 0. The van der Waals surface area contributed by atoms with Crippen LogP contribution in [0.15, 0.2) is 48.5 Å². The number of hydrogen-bond acceptors (Lipinski definition) is 11. The minimum absolute atomic E-state index is 0.0459. The third-order valence-electron chi connectivity index (χ3n) is 11.8. The van der Waals surface area contributed by atoms with Gasteiger partial charge in [0.05, 0.1) is 17.4 Å². The number of hydrazine groups is 1. The second kappa shape index (κ2) is 30.7. The lowest BCUT2D eigenvalue weighted by Gasteiger charge is -2.32. The molecule has 2 aromatic rings. The Hall–Kier alpha value is -4.30. The van der Waals surface area contributed by atoms with Crippen molar-refractivity contribution in [2.75, 3.05) is 19.3 Å². The monoisotopic (exact) mass is 1010 g/mol. The molecule has 5 N–H and O–H groups in total. The zero-order chi connectivity index (χ0) is 52.5. The van der Waals surface area contributed by atoms with Gasteiger partial charge >= 0.3 is 25.6 Å². The number of hydrogen-bond donors (Lipinski definition) is 5. The first-order valence-electron chi connectivity index (χ1n) is 26.3. The minimum atomic E-state index is -3.16. The highest BCUT2D eigenvalue weighted by molar-refractivity contribution is 7.53. The number of benzene rings is 2. The number of esters is 1. The maximum Gasteiger partial charge on any atom is 0.407 e. The number of carboxylic acids is 1. The van der Waals surface area contributed by atoms with Gasteiger partial charge in [0.1, 0.15) is 24.3 Å². The molecular weight excluding hydrogens is 924 g/mol. The van der Waals surface area contributed by atoms with Gasteiger partial charge in [0, 0.05) is 25.3 Å². The fourth-order valence-electron chi connectivity index (χ4n) is 8.65. The molecule has 400 valence electrons. The Kier molecular flexibility index (Phi) is 26.3. The maximum atomic E-state index is 13.4. The summed E-state index contributed by atoms with van der Waals surface area (Å²) in [5.74, 6) is -2.54. The summed E-state index contributed by atoms with van der Waals surface area (Å²) < 4.78 is 36.2. The van der Waals surface area contributed by atoms with Crippen LogP contribution >= 0.6 is 7.60 Å². The van der Waals surface area contributed by atoms with Crippen LogP contribution < -0.4 is 21.5 Å². The van der Waals surface area contributed by atoms with Gasteiger partial charge in [-0.1, -0.05) is 126 Å². The molecule has 0 spiro atoms. The van der Waals surface area contributed by atoms with Crippen molar-refractivity contribution in [3.8, 4) is 11.1 Å². The summed E-state index contributed by atoms with van der Waals surface area (Å²) in [4.78, 5) is 63.3. The van der Waals surface area contributed by atoms with Crippen LogP contribution in [-0.2, 0) is 42.3 Å². The molecule has 0 bridgehead atoms. The predicted molar refractivity (Wildman–Crippen MR) is 280 cm³/mol. The Morgan fingerprint density at radius 1 is 0.577 bits per heavy atom. The fraction of sp³-hybridized carbons (Fsp3) is 0.691. The second-order valence-corrected chi connectivity index (χ2v) is 24.0. The number of aliphatic carboxylic acids is 1. The number of nitrogens with one attached hydrogen (secondary N) is 4. The molecule has 1 aliphatic rings. The van der Waals surface area contributed by atoms with E-state index in [9.17, 15) is 33.6 Å². The topological polar surface area (TPSA) is 208 Å². The smallest absolute Gasteiger partial charge is 0.407 e. The predicted octanol–water partition coefficient (Wildman–Crippen LogP) is 12.1. The molecule has 0 radical (unpaired) electrons. The molecule has 0 aliphatic heterocycles. The molecule has 0 saturated heterocycles. The van der Waals surface area contributed by atoms with E-state index in [1.807, 2.05) is 90.1 Å². The summed E-state index contributed by atoms with van der Waals surface area (Å²) in [5, 5.41) is 15.0. The molecule has 0 heterocycles. The van der Waals surface area contributed by atoms with E-state index in [4.69, 9.17) is 18.5 Å². The van der Waals surface area contributed by atoms with E-state index in [0.29, 0.717) is 32.0 Å². The second-order valence-electron chi connectivity index (χ2n) is 22.0. The lowest BCUT2D eigenvalue weighted by atomic mass is 9.98. The summed E-state index contributed by atoms with van der Waals surface area (Å²) in [6.45, 7) is 17.1. The minimum Gasteiger partial charge on any atom is -0.480 e. The standard InChI is InChI=1S/C55H89N4O11P/c1-53(2,3)68-51(64)47(57-48(60)35-22-20-18-16-14-12-10-11-13-15-17-19-21-29-39-71(66,69-54(4,5)6)70-55(7,8)9)36-37-49(61)59-56-38-28-27-34-46(50(62)63)58-52(65)67-40-45-43-32-25-23-30-41(43)42-31-24-26-33-44(42)45/h23-26,30-33,45-47,56H,10-22,27-29,34-40H2,1-9H3,(H,57,60)(H,58,65)(H,59,61)(H,62,63)/t46-,47-/m0/s1. The average Bonchev–Trinajstić information content (AvgIpc) is 3.58. The zero-order valence-corrected chi connectivity index (χ0v) is 45.5. The molecule has 15 nitrogen and oxygen atoms in total. The van der Waals surface area contributed by atoms with E-state index in [1.54, 1.807) is 20.8 Å². The Labute approximate surface area is 425 Å². The number of carboxylic acid groups (broad SMARTS) is 1. The van der Waals surface area contributed by atoms with Crippen molar-refractivity contribution in [2.24, 2.45) is 0 Å². The van der Waals surface area contributed by atoms with Gasteiger partial charge in [-0.2, -0.15) is 0 Å². The van der Waals surface area contributed by atoms with Crippen LogP contribution in [-0.4, -0.2) is 83.2 Å². The lowest BCUT2D eigenvalue weighted by Crippen LogP contribution is -2.45. The number of carbonyl (C=O) groups is 5. The Bertz CT molecular complexity index is 1940. The van der Waals surface area contributed by atoms with Crippen molar-refractivity contribution in [2.45, 2.75) is 226 Å². The third-order valence-corrected chi connectivity index (χ3v) is 14.3. The van der Waals surface area contributed by atoms with Crippen molar-refractivity contribution in [1.82, 2.24) is 21.5 Å². The number of ether oxygens (including phenoxy) is 2. The number of unbranched alkanes of at least 4 members (excludes halogenated alkanes) is 14.